The summed E-state index contributed by atoms with van der Waals surface area (Å²) in [6.07, 6.45) is 3.20. The Labute approximate surface area is 165 Å². The molecule has 7 heteroatoms. The van der Waals surface area contributed by atoms with Crippen molar-refractivity contribution in [3.8, 4) is 0 Å². The van der Waals surface area contributed by atoms with Crippen molar-refractivity contribution in [1.82, 2.24) is 10.2 Å². The van der Waals surface area contributed by atoms with Crippen molar-refractivity contribution < 1.29 is 18.3 Å². The van der Waals surface area contributed by atoms with Crippen molar-refractivity contribution in [3.63, 3.8) is 0 Å². The molecule has 0 unspecified atom stereocenters. The van der Waals surface area contributed by atoms with Gasteiger partial charge in [0.05, 0.1) is 12.6 Å². The van der Waals surface area contributed by atoms with Crippen molar-refractivity contribution in [2.75, 3.05) is 40.5 Å². The van der Waals surface area contributed by atoms with Crippen LogP contribution in [0.15, 0.2) is 27.6 Å². The number of likely N-dealkylation sites (tertiary alicyclic amines) is 1. The fourth-order valence-corrected chi connectivity index (χ4v) is 3.59. The third-order valence-electron chi connectivity index (χ3n) is 5.20. The Balaban J connectivity index is 1.51. The number of aliphatic imine (C=N–C) groups is 1. The van der Waals surface area contributed by atoms with Crippen molar-refractivity contribution in [2.24, 2.45) is 4.99 Å². The van der Waals surface area contributed by atoms with Crippen LogP contribution in [0.1, 0.15) is 30.6 Å². The second kappa shape index (κ2) is 9.89. The molecule has 0 saturated carbocycles. The van der Waals surface area contributed by atoms with Gasteiger partial charge in [0.1, 0.15) is 17.2 Å². The number of hydrogen-bond donors (Lipinski definition) is 1. The van der Waals surface area contributed by atoms with Crippen molar-refractivity contribution >= 4 is 16.9 Å². The zero-order chi connectivity index (χ0) is 19.9. The molecule has 28 heavy (non-hydrogen) atoms. The molecule has 0 amide bonds. The average molecular weight is 391 g/mol. The molecule has 2 aromatic rings. The number of benzene rings is 1. The largest absolute Gasteiger partial charge is 0.459 e. The molecule has 1 aliphatic heterocycles. The molecule has 1 saturated heterocycles. The van der Waals surface area contributed by atoms with Gasteiger partial charge in [-0.15, -0.1) is 0 Å². The van der Waals surface area contributed by atoms with Crippen LogP contribution in [0.3, 0.4) is 0 Å². The molecule has 1 fully saturated rings. The number of nitrogens with one attached hydrogen (secondary N) is 1. The summed E-state index contributed by atoms with van der Waals surface area (Å²) in [5.74, 6) is 1.40. The van der Waals surface area contributed by atoms with Gasteiger partial charge in [-0.05, 0) is 44.4 Å². The normalized spacial score (nSPS) is 16.1. The maximum atomic E-state index is 13.5. The van der Waals surface area contributed by atoms with Gasteiger partial charge in [0.2, 0.25) is 0 Å². The van der Waals surface area contributed by atoms with Gasteiger partial charge in [0, 0.05) is 51.4 Å². The van der Waals surface area contributed by atoms with Gasteiger partial charge in [-0.3, -0.25) is 4.99 Å². The third kappa shape index (κ3) is 5.02. The Bertz CT molecular complexity index is 798. The van der Waals surface area contributed by atoms with E-state index in [1.54, 1.807) is 20.2 Å². The van der Waals surface area contributed by atoms with E-state index in [2.05, 4.69) is 15.2 Å². The molecule has 0 spiro atoms. The third-order valence-corrected chi connectivity index (χ3v) is 5.20. The smallest absolute Gasteiger partial charge is 0.194 e. The number of halogens is 1. The highest BCUT2D eigenvalue weighted by molar-refractivity contribution is 5.83. The summed E-state index contributed by atoms with van der Waals surface area (Å²) in [4.78, 5) is 6.65. The number of aryl methyl sites for hydroxylation is 1. The minimum atomic E-state index is -0.251. The van der Waals surface area contributed by atoms with Crippen LogP contribution >= 0.6 is 0 Å². The monoisotopic (exact) mass is 391 g/mol. The Kier molecular flexibility index (Phi) is 7.28. The minimum absolute atomic E-state index is 0.251. The van der Waals surface area contributed by atoms with E-state index in [1.165, 1.54) is 12.1 Å². The predicted molar refractivity (Wildman–Crippen MR) is 108 cm³/mol. The lowest BCUT2D eigenvalue weighted by molar-refractivity contribution is 0.00988. The fourth-order valence-electron chi connectivity index (χ4n) is 3.59. The van der Waals surface area contributed by atoms with Crippen LogP contribution in [0, 0.1) is 12.7 Å². The van der Waals surface area contributed by atoms with E-state index in [0.29, 0.717) is 18.2 Å². The van der Waals surface area contributed by atoms with E-state index in [9.17, 15) is 4.39 Å². The number of ether oxygens (including phenoxy) is 2. The summed E-state index contributed by atoms with van der Waals surface area (Å²) in [6, 6.07) is 4.61. The first-order chi connectivity index (χ1) is 13.6. The van der Waals surface area contributed by atoms with Crippen LogP contribution in [0.2, 0.25) is 0 Å². The van der Waals surface area contributed by atoms with Gasteiger partial charge >= 0.3 is 0 Å². The Morgan fingerprint density at radius 1 is 1.32 bits per heavy atom. The van der Waals surface area contributed by atoms with Crippen LogP contribution in [-0.2, 0) is 16.0 Å². The number of hydrogen-bond acceptors (Lipinski definition) is 4. The second-order valence-corrected chi connectivity index (χ2v) is 7.10. The van der Waals surface area contributed by atoms with Crippen molar-refractivity contribution in [1.29, 1.82) is 0 Å². The molecule has 154 valence electrons. The molecule has 0 bridgehead atoms. The highest BCUT2D eigenvalue weighted by Gasteiger charge is 2.22. The summed E-state index contributed by atoms with van der Waals surface area (Å²) in [7, 11) is 3.50. The summed E-state index contributed by atoms with van der Waals surface area (Å²) >= 11 is 0. The maximum absolute atomic E-state index is 13.5. The van der Waals surface area contributed by atoms with E-state index in [1.807, 2.05) is 6.92 Å². The van der Waals surface area contributed by atoms with Gasteiger partial charge in [0.15, 0.2) is 5.96 Å². The Morgan fingerprint density at radius 2 is 2.11 bits per heavy atom. The first-order valence-corrected chi connectivity index (χ1v) is 9.86. The predicted octanol–water partition coefficient (Wildman–Crippen LogP) is 3.47. The number of guanidine groups is 1. The molecule has 0 radical (unpaired) electrons. The van der Waals surface area contributed by atoms with Gasteiger partial charge in [-0.1, -0.05) is 0 Å². The first kappa shape index (κ1) is 20.6. The lowest BCUT2D eigenvalue weighted by atomic mass is 10.1. The van der Waals surface area contributed by atoms with Gasteiger partial charge < -0.3 is 24.1 Å². The standard InChI is InChI=1S/C21H30FN3O3/c1-15-18-13-16(22)5-6-19(18)28-20(15)14-24-21(23-2)25-9-7-17(8-10-25)27-12-4-11-26-3/h5-6,13,17H,4,7-12,14H2,1-3H3,(H,23,24). The highest BCUT2D eigenvalue weighted by atomic mass is 19.1. The summed E-state index contributed by atoms with van der Waals surface area (Å²) < 4.78 is 30.3. The van der Waals surface area contributed by atoms with Crippen molar-refractivity contribution in [3.05, 3.63) is 35.3 Å². The van der Waals surface area contributed by atoms with E-state index in [0.717, 1.165) is 68.2 Å². The van der Waals surface area contributed by atoms with E-state index >= 15 is 0 Å². The zero-order valence-corrected chi connectivity index (χ0v) is 17.0. The first-order valence-electron chi connectivity index (χ1n) is 9.86. The van der Waals surface area contributed by atoms with Gasteiger partial charge in [-0.2, -0.15) is 0 Å². The quantitative estimate of drug-likeness (QED) is 0.445. The molecular formula is C21H30FN3O3. The molecule has 0 aliphatic carbocycles. The lowest BCUT2D eigenvalue weighted by Crippen LogP contribution is -2.46. The van der Waals surface area contributed by atoms with Crippen molar-refractivity contribution in [2.45, 2.75) is 38.8 Å². The second-order valence-electron chi connectivity index (χ2n) is 7.10. The average Bonchev–Trinajstić information content (AvgIpc) is 3.02. The number of fused-ring (bicyclic) bond motifs is 1. The number of nitrogens with zero attached hydrogens (tertiary/aromatic N) is 2. The number of rotatable bonds is 7. The van der Waals surface area contributed by atoms with Gasteiger partial charge in [0.25, 0.3) is 0 Å². The molecule has 3 rings (SSSR count). The summed E-state index contributed by atoms with van der Waals surface area (Å²) in [5.41, 5.74) is 1.66. The fraction of sp³-hybridized carbons (Fsp3) is 0.571. The summed E-state index contributed by atoms with van der Waals surface area (Å²) in [6.45, 7) is 5.76. The molecule has 2 heterocycles. The molecule has 1 aromatic carbocycles. The minimum Gasteiger partial charge on any atom is -0.459 e. The molecule has 0 atom stereocenters. The maximum Gasteiger partial charge on any atom is 0.194 e. The SMILES string of the molecule is CN=C(NCc1oc2ccc(F)cc2c1C)N1CCC(OCCCOC)CC1. The molecule has 1 aromatic heterocycles. The highest BCUT2D eigenvalue weighted by Crippen LogP contribution is 2.26. The van der Waals surface area contributed by atoms with E-state index in [4.69, 9.17) is 13.9 Å². The van der Waals surface area contributed by atoms with Gasteiger partial charge in [-0.25, -0.2) is 4.39 Å². The number of methoxy groups -OCH3 is 1. The van der Waals surface area contributed by atoms with Crippen LogP contribution in [0.25, 0.3) is 11.0 Å². The molecule has 6 nitrogen and oxygen atoms in total. The Morgan fingerprint density at radius 3 is 2.82 bits per heavy atom. The summed E-state index contributed by atoms with van der Waals surface area (Å²) in [5, 5.41) is 4.20. The molecular weight excluding hydrogens is 361 g/mol. The van der Waals surface area contributed by atoms with E-state index in [-0.39, 0.29) is 5.82 Å². The Hall–Kier alpha value is -2.12. The number of piperidine rings is 1. The molecule has 1 N–H and O–H groups in total. The number of furan rings is 1. The van der Waals surface area contributed by atoms with Crippen LogP contribution < -0.4 is 5.32 Å². The van der Waals surface area contributed by atoms with E-state index < -0.39 is 0 Å². The molecule has 1 aliphatic rings. The lowest BCUT2D eigenvalue weighted by Gasteiger charge is -2.34. The van der Waals surface area contributed by atoms with Crippen LogP contribution in [-0.4, -0.2) is 57.4 Å². The topological polar surface area (TPSA) is 59.2 Å². The van der Waals surface area contributed by atoms with Crippen LogP contribution in [0.5, 0.6) is 0 Å². The van der Waals surface area contributed by atoms with Crippen LogP contribution in [0.4, 0.5) is 4.39 Å². The zero-order valence-electron chi connectivity index (χ0n) is 17.0.